The quantitative estimate of drug-likeness (QED) is 0.692. The van der Waals surface area contributed by atoms with Crippen molar-refractivity contribution < 1.29 is 14.3 Å². The number of hydrogen-bond donors (Lipinski definition) is 3. The predicted octanol–water partition coefficient (Wildman–Crippen LogP) is 2.41. The number of aromatic nitrogens is 2. The molecule has 0 bridgehead atoms. The van der Waals surface area contributed by atoms with Gasteiger partial charge in [-0.2, -0.15) is 5.26 Å². The van der Waals surface area contributed by atoms with Crippen LogP contribution in [0.3, 0.4) is 0 Å². The van der Waals surface area contributed by atoms with Crippen LogP contribution in [0, 0.1) is 11.3 Å². The molecule has 1 aromatic carbocycles. The van der Waals surface area contributed by atoms with E-state index in [1.54, 1.807) is 30.5 Å². The first-order valence-electron chi connectivity index (χ1n) is 10.2. The predicted molar refractivity (Wildman–Crippen MR) is 115 cm³/mol. The molecule has 4 rings (SSSR count). The lowest BCUT2D eigenvalue weighted by molar-refractivity contribution is 0.0683. The highest BCUT2D eigenvalue weighted by Crippen LogP contribution is 2.29. The van der Waals surface area contributed by atoms with Crippen LogP contribution in [0.2, 0.25) is 0 Å². The van der Waals surface area contributed by atoms with Crippen LogP contribution >= 0.6 is 0 Å². The van der Waals surface area contributed by atoms with Crippen LogP contribution in [0.15, 0.2) is 36.5 Å². The Balaban J connectivity index is 1.35. The van der Waals surface area contributed by atoms with Crippen LogP contribution in [0.25, 0.3) is 0 Å². The summed E-state index contributed by atoms with van der Waals surface area (Å²) in [7, 11) is 0. The van der Waals surface area contributed by atoms with Gasteiger partial charge in [-0.3, -0.25) is 0 Å². The summed E-state index contributed by atoms with van der Waals surface area (Å²) < 4.78 is 11.9. The van der Waals surface area contributed by atoms with Crippen molar-refractivity contribution >= 4 is 17.7 Å². The van der Waals surface area contributed by atoms with Gasteiger partial charge in [0.2, 0.25) is 5.95 Å². The summed E-state index contributed by atoms with van der Waals surface area (Å²) in [5.74, 6) is 0.539. The largest absolute Gasteiger partial charge is 0.371 e. The molecule has 162 valence electrons. The second-order valence-corrected chi connectivity index (χ2v) is 8.76. The first-order valence-corrected chi connectivity index (χ1v) is 10.2. The van der Waals surface area contributed by atoms with Crippen molar-refractivity contribution in [2.45, 2.75) is 50.5 Å². The third-order valence-electron chi connectivity index (χ3n) is 5.36. The van der Waals surface area contributed by atoms with E-state index < -0.39 is 0 Å². The lowest BCUT2D eigenvalue weighted by Crippen LogP contribution is -2.46. The number of nitrogens with zero attached hydrogens (tertiary/aromatic N) is 3. The van der Waals surface area contributed by atoms with E-state index in [1.807, 2.05) is 6.07 Å². The van der Waals surface area contributed by atoms with Crippen LogP contribution in [0.4, 0.5) is 16.4 Å². The minimum atomic E-state index is -0.370. The van der Waals surface area contributed by atoms with Gasteiger partial charge in [-0.1, -0.05) is 26.8 Å². The Hall–Kier alpha value is -3.22. The normalized spacial score (nSPS) is 24.8. The number of carbonyl (C=O) groups excluding carboxylic acids is 1. The van der Waals surface area contributed by atoms with E-state index in [-0.39, 0.29) is 35.7 Å². The molecule has 3 N–H and O–H groups in total. The van der Waals surface area contributed by atoms with Crippen molar-refractivity contribution in [2.75, 3.05) is 23.8 Å². The number of nitrogens with one attached hydrogen (secondary N) is 3. The first-order chi connectivity index (χ1) is 14.8. The first kappa shape index (κ1) is 21.0. The molecule has 1 aromatic heterocycles. The number of nitriles is 1. The van der Waals surface area contributed by atoms with Gasteiger partial charge in [-0.05, 0) is 24.3 Å². The smallest absolute Gasteiger partial charge is 0.319 e. The zero-order valence-corrected chi connectivity index (χ0v) is 17.8. The molecule has 2 fully saturated rings. The van der Waals surface area contributed by atoms with Crippen molar-refractivity contribution in [3.8, 4) is 6.07 Å². The minimum absolute atomic E-state index is 0.0763. The molecule has 3 heterocycles. The minimum Gasteiger partial charge on any atom is -0.371 e. The summed E-state index contributed by atoms with van der Waals surface area (Å²) in [5.41, 5.74) is 1.90. The summed E-state index contributed by atoms with van der Waals surface area (Å²) in [5, 5.41) is 18.0. The van der Waals surface area contributed by atoms with Gasteiger partial charge in [0.1, 0.15) is 12.2 Å². The fourth-order valence-corrected chi connectivity index (χ4v) is 3.76. The highest BCUT2D eigenvalue weighted by molar-refractivity contribution is 5.89. The van der Waals surface area contributed by atoms with Gasteiger partial charge < -0.3 is 25.4 Å². The van der Waals surface area contributed by atoms with Gasteiger partial charge >= 0.3 is 6.03 Å². The molecule has 0 saturated carbocycles. The molecule has 2 aliphatic rings. The summed E-state index contributed by atoms with van der Waals surface area (Å²) in [6, 6.07) is 9.95. The average molecular weight is 422 g/mol. The standard InChI is InChI=1S/C22H26N6O3/c1-22(2,3)17-7-8-24-20(28-17)26-15-11-30-19-16(12-31-18(15)19)27-21(29)25-14-6-4-5-13(9-14)10-23/h4-9,15-16,18-19H,11-12H2,1-3H3,(H,24,26,28)(H2,25,27,29). The number of ether oxygens (including phenoxy) is 2. The molecule has 9 nitrogen and oxygen atoms in total. The maximum atomic E-state index is 12.4. The van der Waals surface area contributed by atoms with Gasteiger partial charge in [0, 0.05) is 17.3 Å². The van der Waals surface area contributed by atoms with Gasteiger partial charge in [0.05, 0.1) is 42.6 Å². The number of fused-ring (bicyclic) bond motifs is 1. The lowest BCUT2D eigenvalue weighted by Gasteiger charge is -2.21. The Bertz CT molecular complexity index is 999. The van der Waals surface area contributed by atoms with E-state index >= 15 is 0 Å². The maximum absolute atomic E-state index is 12.4. The Kier molecular flexibility index (Phi) is 5.76. The number of carbonyl (C=O) groups is 1. The van der Waals surface area contributed by atoms with Gasteiger partial charge in [-0.25, -0.2) is 14.8 Å². The van der Waals surface area contributed by atoms with Crippen LogP contribution in [-0.4, -0.2) is 53.5 Å². The topological polar surface area (TPSA) is 121 Å². The molecule has 31 heavy (non-hydrogen) atoms. The van der Waals surface area contributed by atoms with Crippen molar-refractivity contribution in [1.29, 1.82) is 5.26 Å². The Morgan fingerprint density at radius 2 is 1.90 bits per heavy atom. The molecule has 2 aliphatic heterocycles. The lowest BCUT2D eigenvalue weighted by atomic mass is 9.92. The second-order valence-electron chi connectivity index (χ2n) is 8.76. The molecule has 0 aliphatic carbocycles. The zero-order valence-electron chi connectivity index (χ0n) is 17.8. The number of urea groups is 1. The van der Waals surface area contributed by atoms with E-state index in [4.69, 9.17) is 14.7 Å². The molecule has 2 aromatic rings. The molecule has 9 heteroatoms. The SMILES string of the molecule is CC(C)(C)c1ccnc(NC2COC3C(NC(=O)Nc4cccc(C#N)c4)COC23)n1. The molecule has 2 saturated heterocycles. The molecular weight excluding hydrogens is 396 g/mol. The van der Waals surface area contributed by atoms with Crippen molar-refractivity contribution in [1.82, 2.24) is 15.3 Å². The van der Waals surface area contributed by atoms with Crippen LogP contribution in [-0.2, 0) is 14.9 Å². The Labute approximate surface area is 181 Å². The van der Waals surface area contributed by atoms with Crippen molar-refractivity contribution in [3.05, 3.63) is 47.8 Å². The fraction of sp³-hybridized carbons (Fsp3) is 0.455. The number of rotatable bonds is 4. The zero-order chi connectivity index (χ0) is 22.0. The molecule has 0 spiro atoms. The van der Waals surface area contributed by atoms with Crippen LogP contribution in [0.1, 0.15) is 32.0 Å². The van der Waals surface area contributed by atoms with Crippen molar-refractivity contribution in [2.24, 2.45) is 0 Å². The van der Waals surface area contributed by atoms with Crippen LogP contribution < -0.4 is 16.0 Å². The number of benzene rings is 1. The highest BCUT2D eigenvalue weighted by atomic mass is 16.6. The Morgan fingerprint density at radius 1 is 1.16 bits per heavy atom. The Morgan fingerprint density at radius 3 is 2.65 bits per heavy atom. The fourth-order valence-electron chi connectivity index (χ4n) is 3.76. The third-order valence-corrected chi connectivity index (χ3v) is 5.36. The summed E-state index contributed by atoms with van der Waals surface area (Å²) in [6.07, 6.45) is 1.27. The summed E-state index contributed by atoms with van der Waals surface area (Å²) in [4.78, 5) is 21.3. The number of amides is 2. The van der Waals surface area contributed by atoms with Crippen molar-refractivity contribution in [3.63, 3.8) is 0 Å². The van der Waals surface area contributed by atoms with E-state index in [2.05, 4.69) is 52.8 Å². The second kappa shape index (κ2) is 8.49. The maximum Gasteiger partial charge on any atom is 0.319 e. The number of anilines is 2. The molecule has 4 atom stereocenters. The van der Waals surface area contributed by atoms with Gasteiger partial charge in [0.15, 0.2) is 0 Å². The van der Waals surface area contributed by atoms with E-state index in [0.29, 0.717) is 30.4 Å². The molecule has 0 radical (unpaired) electrons. The van der Waals surface area contributed by atoms with Gasteiger partial charge in [-0.15, -0.1) is 0 Å². The molecule has 2 amide bonds. The van der Waals surface area contributed by atoms with Gasteiger partial charge in [0.25, 0.3) is 0 Å². The average Bonchev–Trinajstić information content (AvgIpc) is 3.31. The van der Waals surface area contributed by atoms with Crippen LogP contribution in [0.5, 0.6) is 0 Å². The number of hydrogen-bond acceptors (Lipinski definition) is 7. The van der Waals surface area contributed by atoms with E-state index in [1.165, 1.54) is 0 Å². The summed E-state index contributed by atoms with van der Waals surface area (Å²) >= 11 is 0. The monoisotopic (exact) mass is 422 g/mol. The molecular formula is C22H26N6O3. The highest BCUT2D eigenvalue weighted by Gasteiger charge is 2.48. The molecule has 4 unspecified atom stereocenters. The third kappa shape index (κ3) is 4.76. The van der Waals surface area contributed by atoms with E-state index in [9.17, 15) is 4.79 Å². The van der Waals surface area contributed by atoms with E-state index in [0.717, 1.165) is 5.69 Å². The summed E-state index contributed by atoms with van der Waals surface area (Å²) in [6.45, 7) is 7.09.